The number of fused-ring (bicyclic) bond motifs is 2. The summed E-state index contributed by atoms with van der Waals surface area (Å²) in [5.74, 6) is 0.346. The summed E-state index contributed by atoms with van der Waals surface area (Å²) in [6.07, 6.45) is 8.38. The minimum absolute atomic E-state index is 0.173. The maximum atomic E-state index is 11.3. The number of hydrogen-bond acceptors (Lipinski definition) is 4. The van der Waals surface area contributed by atoms with Crippen molar-refractivity contribution in [1.82, 2.24) is 0 Å². The average Bonchev–Trinajstić information content (AvgIpc) is 3.26. The number of hydrogen-bond donors (Lipinski definition) is 2. The smallest absolute Gasteiger partial charge is 0.137 e. The van der Waals surface area contributed by atoms with Crippen molar-refractivity contribution in [3.63, 3.8) is 0 Å². The van der Waals surface area contributed by atoms with Gasteiger partial charge in [0.2, 0.25) is 0 Å². The minimum Gasteiger partial charge on any atom is -0.506 e. The lowest BCUT2D eigenvalue weighted by Gasteiger charge is -2.31. The number of aliphatic hydroxyl groups excluding tert-OH is 2. The predicted octanol–water partition coefficient (Wildman–Crippen LogP) is 8.59. The van der Waals surface area contributed by atoms with Gasteiger partial charge >= 0.3 is 0 Å². The van der Waals surface area contributed by atoms with E-state index in [1.54, 1.807) is 0 Å². The Morgan fingerprint density at radius 1 is 0.632 bits per heavy atom. The Morgan fingerprint density at radius 3 is 1.37 bits per heavy atom. The van der Waals surface area contributed by atoms with Gasteiger partial charge in [-0.25, -0.2) is 0 Å². The molecule has 5 rings (SSSR count). The molecule has 0 radical (unpaired) electrons. The normalized spacial score (nSPS) is 21.4. The molecule has 0 aromatic heterocycles. The van der Waals surface area contributed by atoms with Gasteiger partial charge in [0.1, 0.15) is 11.5 Å². The zero-order chi connectivity index (χ0) is 27.2. The first-order chi connectivity index (χ1) is 18.1. The van der Waals surface area contributed by atoms with Gasteiger partial charge in [0, 0.05) is 46.7 Å². The first-order valence-electron chi connectivity index (χ1n) is 14.2. The van der Waals surface area contributed by atoms with Gasteiger partial charge in [-0.2, -0.15) is 0 Å². The lowest BCUT2D eigenvalue weighted by atomic mass is 9.80. The van der Waals surface area contributed by atoms with Crippen LogP contribution in [-0.4, -0.2) is 23.3 Å². The molecule has 0 bridgehead atoms. The van der Waals surface area contributed by atoms with Crippen LogP contribution in [0.5, 0.6) is 0 Å². The summed E-state index contributed by atoms with van der Waals surface area (Å²) in [6.45, 7) is 15.2. The number of aliphatic hydroxyl groups is 2. The van der Waals surface area contributed by atoms with Crippen molar-refractivity contribution in [2.24, 2.45) is 0 Å². The molecule has 2 aromatic rings. The van der Waals surface area contributed by atoms with Gasteiger partial charge in [-0.15, -0.1) is 0 Å². The van der Waals surface area contributed by atoms with E-state index in [-0.39, 0.29) is 22.3 Å². The Kier molecular flexibility index (Phi) is 6.71. The van der Waals surface area contributed by atoms with Crippen LogP contribution in [-0.2, 0) is 10.8 Å². The third kappa shape index (κ3) is 3.97. The molecule has 0 amide bonds. The average molecular weight is 511 g/mol. The largest absolute Gasteiger partial charge is 0.506 e. The lowest BCUT2D eigenvalue weighted by Crippen LogP contribution is -2.29. The Morgan fingerprint density at radius 2 is 1.00 bits per heavy atom. The summed E-state index contributed by atoms with van der Waals surface area (Å²) in [7, 11) is 0. The maximum absolute atomic E-state index is 11.3. The second-order valence-electron chi connectivity index (χ2n) is 11.9. The molecule has 2 N–H and O–H groups in total. The molecule has 3 aliphatic rings. The van der Waals surface area contributed by atoms with Crippen LogP contribution >= 0.6 is 0 Å². The van der Waals surface area contributed by atoms with Gasteiger partial charge in [-0.1, -0.05) is 90.8 Å². The molecule has 1 aliphatic carbocycles. The molecular formula is C34H42N2O2. The van der Waals surface area contributed by atoms with E-state index in [1.807, 2.05) is 12.2 Å². The molecule has 0 spiro atoms. The monoisotopic (exact) mass is 510 g/mol. The number of para-hydroxylation sites is 2. The fourth-order valence-electron chi connectivity index (χ4n) is 6.32. The molecular weight excluding hydrogens is 468 g/mol. The van der Waals surface area contributed by atoms with Gasteiger partial charge in [0.25, 0.3) is 0 Å². The van der Waals surface area contributed by atoms with Crippen molar-refractivity contribution in [1.29, 1.82) is 0 Å². The fourth-order valence-corrected chi connectivity index (χ4v) is 6.32. The van der Waals surface area contributed by atoms with Crippen molar-refractivity contribution >= 4 is 11.4 Å². The molecule has 200 valence electrons. The molecule has 0 saturated heterocycles. The first kappa shape index (κ1) is 26.2. The lowest BCUT2D eigenvalue weighted by molar-refractivity contribution is 0.354. The van der Waals surface area contributed by atoms with Crippen LogP contribution in [0.15, 0.2) is 94.7 Å². The maximum Gasteiger partial charge on any atom is 0.137 e. The van der Waals surface area contributed by atoms with Crippen molar-refractivity contribution < 1.29 is 10.2 Å². The van der Waals surface area contributed by atoms with Crippen LogP contribution in [0.2, 0.25) is 0 Å². The minimum atomic E-state index is -0.224. The zero-order valence-corrected chi connectivity index (χ0v) is 23.8. The summed E-state index contributed by atoms with van der Waals surface area (Å²) >= 11 is 0. The summed E-state index contributed by atoms with van der Waals surface area (Å²) in [5.41, 5.74) is 7.85. The van der Waals surface area contributed by atoms with E-state index in [2.05, 4.69) is 99.9 Å². The van der Waals surface area contributed by atoms with Crippen LogP contribution in [0.4, 0.5) is 11.4 Å². The summed E-state index contributed by atoms with van der Waals surface area (Å²) in [5, 5.41) is 22.6. The van der Waals surface area contributed by atoms with Gasteiger partial charge in [0.05, 0.1) is 11.1 Å². The molecule has 4 nitrogen and oxygen atoms in total. The van der Waals surface area contributed by atoms with Crippen LogP contribution in [0.3, 0.4) is 0 Å². The highest BCUT2D eigenvalue weighted by Crippen LogP contribution is 2.51. The van der Waals surface area contributed by atoms with E-state index in [9.17, 15) is 10.2 Å². The third-order valence-corrected chi connectivity index (χ3v) is 8.65. The highest BCUT2D eigenvalue weighted by molar-refractivity contribution is 5.75. The van der Waals surface area contributed by atoms with Gasteiger partial charge in [-0.3, -0.25) is 0 Å². The van der Waals surface area contributed by atoms with E-state index in [4.69, 9.17) is 0 Å². The zero-order valence-electron chi connectivity index (χ0n) is 23.8. The molecule has 38 heavy (non-hydrogen) atoms. The summed E-state index contributed by atoms with van der Waals surface area (Å²) in [4.78, 5) is 4.73. The van der Waals surface area contributed by atoms with Crippen LogP contribution in [0, 0.1) is 0 Å². The molecule has 4 heteroatoms. The van der Waals surface area contributed by atoms with Crippen LogP contribution in [0.25, 0.3) is 0 Å². The standard InChI is InChI=1S/C34H42N2O2/c1-7-9-19-35-27-17-13-11-15-25(27)33(3,4)29(35)21-23-31(37)24(32(23)38)22-30-34(5,6)26-16-12-14-18-28(26)36(30)20-10-8-2/h11-18,21-22,37-38H,7-10,19-20H2,1-6H3. The Labute approximate surface area is 228 Å². The molecule has 2 heterocycles. The molecule has 2 aliphatic heterocycles. The van der Waals surface area contributed by atoms with Gasteiger partial charge in [-0.05, 0) is 48.3 Å². The number of benzene rings is 2. The molecule has 0 atom stereocenters. The number of rotatable bonds is 8. The van der Waals surface area contributed by atoms with Gasteiger partial charge in [0.15, 0.2) is 0 Å². The second kappa shape index (κ2) is 9.72. The molecule has 0 saturated carbocycles. The Bertz CT molecular complexity index is 1260. The quantitative estimate of drug-likeness (QED) is 0.373. The SMILES string of the molecule is CCCCN1C(=CC2=C(O)C(C=C3N(CCCC)c4ccccc4C3(C)C)=C2O)C(C)(C)c2ccccc21. The van der Waals surface area contributed by atoms with E-state index < -0.39 is 0 Å². The topological polar surface area (TPSA) is 46.9 Å². The van der Waals surface area contributed by atoms with Crippen molar-refractivity contribution in [3.05, 3.63) is 106 Å². The van der Waals surface area contributed by atoms with Crippen LogP contribution < -0.4 is 9.80 Å². The van der Waals surface area contributed by atoms with E-state index in [1.165, 1.54) is 22.5 Å². The number of nitrogens with zero attached hydrogens (tertiary/aromatic N) is 2. The van der Waals surface area contributed by atoms with Gasteiger partial charge < -0.3 is 20.0 Å². The van der Waals surface area contributed by atoms with Crippen molar-refractivity contribution in [3.8, 4) is 0 Å². The number of allylic oxidation sites excluding steroid dienone is 4. The fraction of sp³-hybridized carbons (Fsp3) is 0.412. The summed E-state index contributed by atoms with van der Waals surface area (Å²) in [6, 6.07) is 17.1. The Hall–Kier alpha value is -3.40. The van der Waals surface area contributed by atoms with E-state index >= 15 is 0 Å². The Balaban J connectivity index is 1.53. The molecule has 0 unspecified atom stereocenters. The summed E-state index contributed by atoms with van der Waals surface area (Å²) < 4.78 is 0. The predicted molar refractivity (Wildman–Crippen MR) is 159 cm³/mol. The first-order valence-corrected chi connectivity index (χ1v) is 14.2. The van der Waals surface area contributed by atoms with Crippen molar-refractivity contribution in [2.75, 3.05) is 22.9 Å². The third-order valence-electron chi connectivity index (χ3n) is 8.65. The van der Waals surface area contributed by atoms with E-state index in [0.717, 1.165) is 50.2 Å². The highest BCUT2D eigenvalue weighted by atomic mass is 16.3. The number of anilines is 2. The van der Waals surface area contributed by atoms with Crippen molar-refractivity contribution in [2.45, 2.75) is 78.1 Å². The molecule has 2 aromatic carbocycles. The number of unbranched alkanes of at least 4 members (excludes halogenated alkanes) is 2. The molecule has 0 fully saturated rings. The van der Waals surface area contributed by atoms with E-state index in [0.29, 0.717) is 11.1 Å². The highest BCUT2D eigenvalue weighted by Gasteiger charge is 2.43. The second-order valence-corrected chi connectivity index (χ2v) is 11.9. The van der Waals surface area contributed by atoms with Crippen LogP contribution in [0.1, 0.15) is 78.4 Å².